The second-order valence-corrected chi connectivity index (χ2v) is 12.5. The Morgan fingerprint density at radius 1 is 0.933 bits per heavy atom. The Kier molecular flexibility index (Phi) is 11.2. The van der Waals surface area contributed by atoms with Gasteiger partial charge in [0.15, 0.2) is 0 Å². The van der Waals surface area contributed by atoms with Gasteiger partial charge in [-0.1, -0.05) is 18.2 Å². The quantitative estimate of drug-likeness (QED) is 0.199. The van der Waals surface area contributed by atoms with Gasteiger partial charge in [0.25, 0.3) is 0 Å². The largest absolute Gasteiger partial charge is 0.457 e. The molecule has 238 valence electrons. The van der Waals surface area contributed by atoms with Crippen molar-refractivity contribution in [1.29, 1.82) is 0 Å². The van der Waals surface area contributed by atoms with Gasteiger partial charge in [-0.15, -0.1) is 12.4 Å². The summed E-state index contributed by atoms with van der Waals surface area (Å²) in [6.07, 6.45) is 2.60. The molecule has 0 spiro atoms. The number of amides is 2. The van der Waals surface area contributed by atoms with Crippen molar-refractivity contribution in [2.45, 2.75) is 32.0 Å². The summed E-state index contributed by atoms with van der Waals surface area (Å²) in [6.45, 7) is 2.55. The van der Waals surface area contributed by atoms with Crippen LogP contribution in [0.2, 0.25) is 0 Å². The first kappa shape index (κ1) is 33.5. The number of pyridine rings is 1. The third-order valence-corrected chi connectivity index (χ3v) is 7.85. The van der Waals surface area contributed by atoms with Gasteiger partial charge in [-0.05, 0) is 85.1 Å². The highest BCUT2D eigenvalue weighted by Crippen LogP contribution is 2.25. The van der Waals surface area contributed by atoms with Crippen molar-refractivity contribution in [3.63, 3.8) is 0 Å². The number of hydrogen-bond acceptors (Lipinski definition) is 6. The zero-order chi connectivity index (χ0) is 31.1. The molecule has 1 aliphatic rings. The van der Waals surface area contributed by atoms with Gasteiger partial charge in [-0.25, -0.2) is 17.6 Å². The van der Waals surface area contributed by atoms with Crippen molar-refractivity contribution in [3.8, 4) is 11.5 Å². The maximum Gasteiger partial charge on any atom is 0.322 e. The van der Waals surface area contributed by atoms with Gasteiger partial charge in [0, 0.05) is 48.8 Å². The second kappa shape index (κ2) is 15.1. The molecular weight excluding hydrogens is 621 g/mol. The van der Waals surface area contributed by atoms with Crippen LogP contribution in [0.3, 0.4) is 0 Å². The van der Waals surface area contributed by atoms with Gasteiger partial charge in [0.1, 0.15) is 17.3 Å². The Labute approximate surface area is 267 Å². The standard InChI is InChI=1S/C32H34FN5O5S.ClH/c1-44(41,42)36-26-11-15-30(16-12-26)43-29-13-5-23(6-14-29)21-37-19-17-28(18-20-37)38(22-27-3-2-4-31(39)34-27)32(40)35-25-9-7-24(33)8-10-25;/h2-16,28,36H,17-22H2,1H3,(H,34,39)(H,35,40);1H. The summed E-state index contributed by atoms with van der Waals surface area (Å²) < 4.78 is 44.5. The van der Waals surface area contributed by atoms with E-state index in [0.717, 1.165) is 44.3 Å². The summed E-state index contributed by atoms with van der Waals surface area (Å²) in [5, 5.41) is 2.86. The minimum atomic E-state index is -3.34. The van der Waals surface area contributed by atoms with Gasteiger partial charge in [0.2, 0.25) is 15.6 Å². The monoisotopic (exact) mass is 655 g/mol. The Hall–Kier alpha value is -4.39. The lowest BCUT2D eigenvalue weighted by Gasteiger charge is -2.38. The van der Waals surface area contributed by atoms with Crippen LogP contribution in [0.5, 0.6) is 11.5 Å². The number of nitrogens with one attached hydrogen (secondary N) is 3. The molecule has 1 saturated heterocycles. The molecule has 0 unspecified atom stereocenters. The molecule has 45 heavy (non-hydrogen) atoms. The van der Waals surface area contributed by atoms with Crippen molar-refractivity contribution in [3.05, 3.63) is 118 Å². The van der Waals surface area contributed by atoms with Crippen LogP contribution in [0.15, 0.2) is 95.8 Å². The number of sulfonamides is 1. The summed E-state index contributed by atoms with van der Waals surface area (Å²) in [6, 6.07) is 24.6. The van der Waals surface area contributed by atoms with E-state index in [2.05, 4.69) is 19.9 Å². The maximum absolute atomic E-state index is 13.4. The van der Waals surface area contributed by atoms with E-state index >= 15 is 0 Å². The van der Waals surface area contributed by atoms with E-state index in [9.17, 15) is 22.4 Å². The van der Waals surface area contributed by atoms with Gasteiger partial charge in [0.05, 0.1) is 12.8 Å². The highest BCUT2D eigenvalue weighted by Gasteiger charge is 2.28. The van der Waals surface area contributed by atoms with Crippen LogP contribution in [0.25, 0.3) is 0 Å². The molecule has 0 radical (unpaired) electrons. The third kappa shape index (κ3) is 10.1. The van der Waals surface area contributed by atoms with Gasteiger partial charge >= 0.3 is 6.03 Å². The molecule has 0 bridgehead atoms. The molecule has 1 aromatic heterocycles. The zero-order valence-electron chi connectivity index (χ0n) is 24.6. The number of carbonyl (C=O) groups excluding carboxylic acids is 1. The molecule has 0 aliphatic carbocycles. The molecule has 4 aromatic rings. The van der Waals surface area contributed by atoms with Crippen molar-refractivity contribution < 1.29 is 22.3 Å². The topological polar surface area (TPSA) is 124 Å². The Morgan fingerprint density at radius 2 is 1.53 bits per heavy atom. The van der Waals surface area contributed by atoms with E-state index in [0.29, 0.717) is 28.6 Å². The summed E-state index contributed by atoms with van der Waals surface area (Å²) in [5.41, 5.74) is 2.49. The normalized spacial score (nSPS) is 13.8. The van der Waals surface area contributed by atoms with Crippen LogP contribution < -0.4 is 20.3 Å². The Morgan fingerprint density at radius 3 is 2.13 bits per heavy atom. The number of nitrogens with zero attached hydrogens (tertiary/aromatic N) is 2. The first-order valence-electron chi connectivity index (χ1n) is 14.2. The van der Waals surface area contributed by atoms with E-state index in [1.54, 1.807) is 41.3 Å². The number of hydrogen-bond donors (Lipinski definition) is 3. The summed E-state index contributed by atoms with van der Waals surface area (Å²) in [7, 11) is -3.34. The number of anilines is 2. The van der Waals surface area contributed by atoms with E-state index in [-0.39, 0.29) is 42.4 Å². The molecule has 13 heteroatoms. The number of halogens is 2. The van der Waals surface area contributed by atoms with Gasteiger partial charge < -0.3 is 19.9 Å². The molecular formula is C32H35ClFN5O5S. The number of piperidine rings is 1. The first-order chi connectivity index (χ1) is 21.1. The molecule has 5 rings (SSSR count). The van der Waals surface area contributed by atoms with E-state index in [1.165, 1.54) is 30.3 Å². The molecule has 3 N–H and O–H groups in total. The summed E-state index contributed by atoms with van der Waals surface area (Å²) in [5.74, 6) is 0.872. The number of likely N-dealkylation sites (tertiary alicyclic amines) is 1. The maximum atomic E-state index is 13.4. The minimum Gasteiger partial charge on any atom is -0.457 e. The smallest absolute Gasteiger partial charge is 0.322 e. The average Bonchev–Trinajstić information content (AvgIpc) is 2.99. The number of urea groups is 1. The molecule has 10 nitrogen and oxygen atoms in total. The van der Waals surface area contributed by atoms with E-state index in [1.807, 2.05) is 24.3 Å². The summed E-state index contributed by atoms with van der Waals surface area (Å²) in [4.78, 5) is 32.1. The fourth-order valence-corrected chi connectivity index (χ4v) is 5.68. The molecule has 1 fully saturated rings. The first-order valence-corrected chi connectivity index (χ1v) is 16.1. The van der Waals surface area contributed by atoms with Crippen LogP contribution >= 0.6 is 12.4 Å². The van der Waals surface area contributed by atoms with Crippen molar-refractivity contribution >= 4 is 39.8 Å². The average molecular weight is 656 g/mol. The number of H-pyrrole nitrogens is 1. The van der Waals surface area contributed by atoms with Crippen LogP contribution in [0.4, 0.5) is 20.6 Å². The predicted octanol–water partition coefficient (Wildman–Crippen LogP) is 5.80. The lowest BCUT2D eigenvalue weighted by atomic mass is 10.0. The van der Waals surface area contributed by atoms with Crippen LogP contribution in [0.1, 0.15) is 24.1 Å². The fraction of sp³-hybridized carbons (Fsp3) is 0.250. The highest BCUT2D eigenvalue weighted by molar-refractivity contribution is 7.92. The van der Waals surface area contributed by atoms with Crippen molar-refractivity contribution in [2.75, 3.05) is 29.4 Å². The predicted molar refractivity (Wildman–Crippen MR) is 175 cm³/mol. The van der Waals surface area contributed by atoms with Gasteiger partial charge in [-0.2, -0.15) is 0 Å². The van der Waals surface area contributed by atoms with Crippen molar-refractivity contribution in [1.82, 2.24) is 14.8 Å². The number of carbonyl (C=O) groups is 1. The minimum absolute atomic E-state index is 0. The lowest BCUT2D eigenvalue weighted by Crippen LogP contribution is -2.48. The molecule has 1 aliphatic heterocycles. The van der Waals surface area contributed by atoms with E-state index < -0.39 is 10.0 Å². The summed E-state index contributed by atoms with van der Waals surface area (Å²) >= 11 is 0. The zero-order valence-corrected chi connectivity index (χ0v) is 26.2. The number of aromatic amines is 1. The van der Waals surface area contributed by atoms with Gasteiger partial charge in [-0.3, -0.25) is 14.4 Å². The van der Waals surface area contributed by atoms with Crippen molar-refractivity contribution in [2.24, 2.45) is 0 Å². The van der Waals surface area contributed by atoms with Crippen LogP contribution in [0, 0.1) is 5.82 Å². The molecule has 3 aromatic carbocycles. The number of ether oxygens (including phenoxy) is 1. The fourth-order valence-electron chi connectivity index (χ4n) is 5.12. The van der Waals surface area contributed by atoms with Crippen LogP contribution in [-0.2, 0) is 23.1 Å². The molecule has 2 amide bonds. The highest BCUT2D eigenvalue weighted by atomic mass is 35.5. The Bertz CT molecular complexity index is 1730. The van der Waals surface area contributed by atoms with Crippen LogP contribution in [-0.4, -0.2) is 54.6 Å². The molecule has 0 atom stereocenters. The SMILES string of the molecule is CS(=O)(=O)Nc1ccc(Oc2ccc(CN3CCC(N(Cc4cccc(=O)[nH]4)C(=O)Nc4ccc(F)cc4)CC3)cc2)cc1.Cl. The second-order valence-electron chi connectivity index (χ2n) is 10.8. The number of benzene rings is 3. The molecule has 0 saturated carbocycles. The van der Waals surface area contributed by atoms with E-state index in [4.69, 9.17) is 4.74 Å². The third-order valence-electron chi connectivity index (χ3n) is 7.25. The number of rotatable bonds is 10. The lowest BCUT2D eigenvalue weighted by molar-refractivity contribution is 0.119. The molecule has 2 heterocycles. The number of aromatic nitrogens is 1. The Balaban J connectivity index is 0.00000461.